The van der Waals surface area contributed by atoms with Crippen LogP contribution in [0.2, 0.25) is 5.02 Å². The van der Waals surface area contributed by atoms with E-state index >= 15 is 0 Å². The van der Waals surface area contributed by atoms with Gasteiger partial charge >= 0.3 is 5.97 Å². The third-order valence-corrected chi connectivity index (χ3v) is 3.15. The van der Waals surface area contributed by atoms with E-state index in [9.17, 15) is 4.79 Å². The van der Waals surface area contributed by atoms with Crippen molar-refractivity contribution in [2.45, 2.75) is 31.3 Å². The van der Waals surface area contributed by atoms with Crippen LogP contribution in [-0.4, -0.2) is 23.2 Å². The van der Waals surface area contributed by atoms with Gasteiger partial charge in [-0.25, -0.2) is 0 Å². The Kier molecular flexibility index (Phi) is 3.46. The number of carbonyl (C=O) groups is 1. The first-order valence-electron chi connectivity index (χ1n) is 5.38. The Bertz CT molecular complexity index is 394. The molecule has 1 aliphatic rings. The van der Waals surface area contributed by atoms with Crippen LogP contribution in [0.15, 0.2) is 24.3 Å². The van der Waals surface area contributed by atoms with Crippen LogP contribution < -0.4 is 5.32 Å². The Morgan fingerprint density at radius 2 is 2.31 bits per heavy atom. The molecule has 2 rings (SSSR count). The quantitative estimate of drug-likeness (QED) is 0.849. The van der Waals surface area contributed by atoms with Gasteiger partial charge in [-0.3, -0.25) is 4.79 Å². The van der Waals surface area contributed by atoms with Gasteiger partial charge in [0.2, 0.25) is 0 Å². The molecule has 0 amide bonds. The molecule has 0 aromatic heterocycles. The monoisotopic (exact) mass is 239 g/mol. The molecule has 1 heterocycles. The molecule has 0 bridgehead atoms. The number of hydrogen-bond donors (Lipinski definition) is 2. The van der Waals surface area contributed by atoms with Crippen LogP contribution in [0.5, 0.6) is 0 Å². The zero-order chi connectivity index (χ0) is 11.5. The highest BCUT2D eigenvalue weighted by Gasteiger charge is 2.28. The van der Waals surface area contributed by atoms with Crippen LogP contribution in [0.4, 0.5) is 0 Å². The van der Waals surface area contributed by atoms with E-state index in [-0.39, 0.29) is 12.1 Å². The number of carboxylic acid groups (broad SMARTS) is 1. The summed E-state index contributed by atoms with van der Waals surface area (Å²) >= 11 is 5.89. The second-order valence-electron chi connectivity index (χ2n) is 4.17. The predicted molar refractivity (Wildman–Crippen MR) is 62.7 cm³/mol. The third-order valence-electron chi connectivity index (χ3n) is 2.91. The van der Waals surface area contributed by atoms with Crippen molar-refractivity contribution >= 4 is 17.6 Å². The molecule has 4 heteroatoms. The molecule has 0 saturated carbocycles. The molecule has 1 fully saturated rings. The van der Waals surface area contributed by atoms with Crippen LogP contribution in [0, 0.1) is 0 Å². The Labute approximate surface area is 99.4 Å². The lowest BCUT2D eigenvalue weighted by Crippen LogP contribution is -2.36. The Morgan fingerprint density at radius 3 is 2.94 bits per heavy atom. The topological polar surface area (TPSA) is 49.3 Å². The number of rotatable bonds is 3. The summed E-state index contributed by atoms with van der Waals surface area (Å²) in [6.45, 7) is 0. The summed E-state index contributed by atoms with van der Waals surface area (Å²) in [6, 6.07) is 7.57. The van der Waals surface area contributed by atoms with E-state index in [1.54, 1.807) is 0 Å². The molecular weight excluding hydrogens is 226 g/mol. The molecule has 16 heavy (non-hydrogen) atoms. The first-order chi connectivity index (χ1) is 7.65. The van der Waals surface area contributed by atoms with E-state index in [1.165, 1.54) is 0 Å². The molecular formula is C12H14ClNO2. The molecule has 1 aromatic carbocycles. The SMILES string of the molecule is O=C(O)C1CCC(Cc2cccc(Cl)c2)N1. The number of aliphatic carboxylic acids is 1. The lowest BCUT2D eigenvalue weighted by atomic mass is 10.0. The van der Waals surface area contributed by atoms with Crippen molar-refractivity contribution in [2.75, 3.05) is 0 Å². The molecule has 0 aliphatic carbocycles. The van der Waals surface area contributed by atoms with Crippen LogP contribution in [0.25, 0.3) is 0 Å². The average Bonchev–Trinajstić information content (AvgIpc) is 2.66. The van der Waals surface area contributed by atoms with Gasteiger partial charge in [0.15, 0.2) is 0 Å². The van der Waals surface area contributed by atoms with E-state index in [4.69, 9.17) is 16.7 Å². The van der Waals surface area contributed by atoms with Crippen LogP contribution in [0.1, 0.15) is 18.4 Å². The van der Waals surface area contributed by atoms with E-state index in [0.717, 1.165) is 23.4 Å². The molecule has 2 unspecified atom stereocenters. The van der Waals surface area contributed by atoms with Crippen molar-refractivity contribution < 1.29 is 9.90 Å². The van der Waals surface area contributed by atoms with Gasteiger partial charge < -0.3 is 10.4 Å². The molecule has 1 aromatic rings. The summed E-state index contributed by atoms with van der Waals surface area (Å²) in [5.41, 5.74) is 1.15. The highest BCUT2D eigenvalue weighted by molar-refractivity contribution is 6.30. The number of halogens is 1. The minimum atomic E-state index is -0.756. The van der Waals surface area contributed by atoms with Gasteiger partial charge in [0.25, 0.3) is 0 Å². The summed E-state index contributed by atoms with van der Waals surface area (Å²) in [5.74, 6) is -0.756. The first-order valence-corrected chi connectivity index (χ1v) is 5.76. The van der Waals surface area contributed by atoms with Crippen molar-refractivity contribution in [3.63, 3.8) is 0 Å². The number of hydrogen-bond acceptors (Lipinski definition) is 2. The van der Waals surface area contributed by atoms with Gasteiger partial charge in [0.05, 0.1) is 0 Å². The minimum absolute atomic E-state index is 0.250. The van der Waals surface area contributed by atoms with Gasteiger partial charge in [-0.15, -0.1) is 0 Å². The Balaban J connectivity index is 1.94. The first kappa shape index (κ1) is 11.4. The second kappa shape index (κ2) is 4.85. The Hall–Kier alpha value is -1.06. The summed E-state index contributed by atoms with van der Waals surface area (Å²) in [5, 5.41) is 12.7. The van der Waals surface area contributed by atoms with Crippen LogP contribution >= 0.6 is 11.6 Å². The lowest BCUT2D eigenvalue weighted by Gasteiger charge is -2.11. The van der Waals surface area contributed by atoms with Gasteiger partial charge in [-0.1, -0.05) is 23.7 Å². The third kappa shape index (κ3) is 2.74. The highest BCUT2D eigenvalue weighted by atomic mass is 35.5. The fourth-order valence-electron chi connectivity index (χ4n) is 2.12. The fraction of sp³-hybridized carbons (Fsp3) is 0.417. The maximum Gasteiger partial charge on any atom is 0.320 e. The maximum atomic E-state index is 10.8. The number of carboxylic acids is 1. The minimum Gasteiger partial charge on any atom is -0.480 e. The molecule has 1 aliphatic heterocycles. The molecule has 2 N–H and O–H groups in total. The molecule has 3 nitrogen and oxygen atoms in total. The van der Waals surface area contributed by atoms with Crippen LogP contribution in [0.3, 0.4) is 0 Å². The summed E-state index contributed by atoms with van der Waals surface area (Å²) in [6.07, 6.45) is 2.45. The van der Waals surface area contributed by atoms with E-state index < -0.39 is 5.97 Å². The smallest absolute Gasteiger partial charge is 0.320 e. The summed E-state index contributed by atoms with van der Waals surface area (Å²) in [7, 11) is 0. The molecule has 0 radical (unpaired) electrons. The van der Waals surface area contributed by atoms with Crippen molar-refractivity contribution in [1.82, 2.24) is 5.32 Å². The number of benzene rings is 1. The average molecular weight is 240 g/mol. The largest absolute Gasteiger partial charge is 0.480 e. The summed E-state index contributed by atoms with van der Waals surface area (Å²) < 4.78 is 0. The second-order valence-corrected chi connectivity index (χ2v) is 4.60. The van der Waals surface area contributed by atoms with Gasteiger partial charge in [0, 0.05) is 11.1 Å². The predicted octanol–water partition coefficient (Wildman–Crippen LogP) is 2.09. The zero-order valence-corrected chi connectivity index (χ0v) is 9.57. The standard InChI is InChI=1S/C12H14ClNO2/c13-9-3-1-2-8(6-9)7-10-4-5-11(14-10)12(15)16/h1-3,6,10-11,14H,4-5,7H2,(H,15,16). The van der Waals surface area contributed by atoms with Crippen molar-refractivity contribution in [2.24, 2.45) is 0 Å². The van der Waals surface area contributed by atoms with Crippen LogP contribution in [-0.2, 0) is 11.2 Å². The molecule has 0 spiro atoms. The molecule has 1 saturated heterocycles. The maximum absolute atomic E-state index is 10.8. The van der Waals surface area contributed by atoms with E-state index in [0.29, 0.717) is 6.42 Å². The van der Waals surface area contributed by atoms with Gasteiger partial charge in [0.1, 0.15) is 6.04 Å². The highest BCUT2D eigenvalue weighted by Crippen LogP contribution is 2.18. The molecule has 86 valence electrons. The Morgan fingerprint density at radius 1 is 1.50 bits per heavy atom. The summed E-state index contributed by atoms with van der Waals surface area (Å²) in [4.78, 5) is 10.8. The van der Waals surface area contributed by atoms with E-state index in [2.05, 4.69) is 5.32 Å². The molecule has 2 atom stereocenters. The van der Waals surface area contributed by atoms with Crippen molar-refractivity contribution in [3.8, 4) is 0 Å². The lowest BCUT2D eigenvalue weighted by molar-refractivity contribution is -0.139. The van der Waals surface area contributed by atoms with E-state index in [1.807, 2.05) is 24.3 Å². The normalized spacial score (nSPS) is 24.6. The van der Waals surface area contributed by atoms with Crippen molar-refractivity contribution in [3.05, 3.63) is 34.9 Å². The number of nitrogens with one attached hydrogen (secondary N) is 1. The van der Waals surface area contributed by atoms with Gasteiger partial charge in [-0.2, -0.15) is 0 Å². The fourth-order valence-corrected chi connectivity index (χ4v) is 2.34. The van der Waals surface area contributed by atoms with Gasteiger partial charge in [-0.05, 0) is 37.0 Å². The van der Waals surface area contributed by atoms with Crippen molar-refractivity contribution in [1.29, 1.82) is 0 Å². The zero-order valence-electron chi connectivity index (χ0n) is 8.82.